The molecule has 0 saturated carbocycles. The fourth-order valence-electron chi connectivity index (χ4n) is 4.28. The maximum absolute atomic E-state index is 13.4. The molecule has 0 radical (unpaired) electrons. The summed E-state index contributed by atoms with van der Waals surface area (Å²) in [5, 5.41) is 11.4. The average Bonchev–Trinajstić information content (AvgIpc) is 3.17. The van der Waals surface area contributed by atoms with Crippen molar-refractivity contribution >= 4 is 23.1 Å². The summed E-state index contributed by atoms with van der Waals surface area (Å²) in [4.78, 5) is 28.2. The molecule has 1 atom stereocenters. The number of ether oxygens (including phenoxy) is 2. The molecule has 0 aromatic heterocycles. The van der Waals surface area contributed by atoms with Crippen molar-refractivity contribution in [1.29, 1.82) is 0 Å². The molecule has 1 saturated heterocycles. The van der Waals surface area contributed by atoms with Gasteiger partial charge in [-0.05, 0) is 48.2 Å². The summed E-state index contributed by atoms with van der Waals surface area (Å²) in [5.41, 5.74) is 2.74. The number of hydrogen-bond donors (Lipinski definition) is 1. The number of Topliss-reactive ketones (excluding diaryl/α,β-unsaturated/α-hetero) is 1. The molecule has 0 aliphatic carbocycles. The molecule has 0 spiro atoms. The zero-order chi connectivity index (χ0) is 24.9. The zero-order valence-electron chi connectivity index (χ0n) is 20.2. The van der Waals surface area contributed by atoms with Gasteiger partial charge < -0.3 is 14.6 Å². The third kappa shape index (κ3) is 4.64. The highest BCUT2D eigenvalue weighted by Crippen LogP contribution is 2.43. The maximum Gasteiger partial charge on any atom is 0.300 e. The number of methoxy groups -OCH3 is 1. The van der Waals surface area contributed by atoms with Crippen LogP contribution < -0.4 is 14.4 Å². The van der Waals surface area contributed by atoms with E-state index in [1.807, 2.05) is 37.3 Å². The number of carbonyl (C=O) groups excluding carboxylic acids is 2. The van der Waals surface area contributed by atoms with Crippen molar-refractivity contribution in [2.75, 3.05) is 18.6 Å². The van der Waals surface area contributed by atoms with Gasteiger partial charge in [0.2, 0.25) is 0 Å². The molecule has 4 rings (SSSR count). The Kier molecular flexibility index (Phi) is 7.20. The summed E-state index contributed by atoms with van der Waals surface area (Å²) in [6.45, 7) is 4.61. The Morgan fingerprint density at radius 2 is 1.71 bits per heavy atom. The van der Waals surface area contributed by atoms with Crippen LogP contribution in [-0.4, -0.2) is 30.5 Å². The van der Waals surface area contributed by atoms with Gasteiger partial charge in [0.25, 0.3) is 11.7 Å². The molecule has 1 aliphatic heterocycles. The zero-order valence-corrected chi connectivity index (χ0v) is 20.2. The first kappa shape index (κ1) is 24.1. The highest BCUT2D eigenvalue weighted by atomic mass is 16.5. The predicted molar refractivity (Wildman–Crippen MR) is 136 cm³/mol. The Morgan fingerprint density at radius 3 is 2.40 bits per heavy atom. The first-order valence-corrected chi connectivity index (χ1v) is 11.8. The highest BCUT2D eigenvalue weighted by molar-refractivity contribution is 6.51. The number of aliphatic hydroxyl groups excluding tert-OH is 1. The van der Waals surface area contributed by atoms with Crippen LogP contribution in [0.25, 0.3) is 5.76 Å². The van der Waals surface area contributed by atoms with Crippen LogP contribution in [0.3, 0.4) is 0 Å². The van der Waals surface area contributed by atoms with Gasteiger partial charge in [0.15, 0.2) is 0 Å². The van der Waals surface area contributed by atoms with Gasteiger partial charge in [0, 0.05) is 11.8 Å². The summed E-state index contributed by atoms with van der Waals surface area (Å²) in [5.74, 6) is -0.718. The number of aliphatic hydroxyl groups is 1. The van der Waals surface area contributed by atoms with Gasteiger partial charge in [0.1, 0.15) is 17.3 Å². The average molecular weight is 472 g/mol. The second-order valence-electron chi connectivity index (χ2n) is 8.31. The number of nitrogens with zero attached hydrogens (tertiary/aromatic N) is 1. The van der Waals surface area contributed by atoms with E-state index in [4.69, 9.17) is 9.47 Å². The monoisotopic (exact) mass is 471 g/mol. The summed E-state index contributed by atoms with van der Waals surface area (Å²) in [7, 11) is 1.49. The van der Waals surface area contributed by atoms with Gasteiger partial charge >= 0.3 is 0 Å². The second-order valence-corrected chi connectivity index (χ2v) is 8.31. The molecule has 3 aromatic rings. The largest absolute Gasteiger partial charge is 0.507 e. The number of rotatable bonds is 8. The molecule has 1 unspecified atom stereocenters. The van der Waals surface area contributed by atoms with Crippen LogP contribution >= 0.6 is 0 Å². The number of aryl methyl sites for hydroxylation is 1. The first-order chi connectivity index (χ1) is 17.0. The van der Waals surface area contributed by atoms with Crippen LogP contribution in [0.4, 0.5) is 5.69 Å². The number of para-hydroxylation sites is 1. The van der Waals surface area contributed by atoms with Crippen LogP contribution in [0, 0.1) is 0 Å². The lowest BCUT2D eigenvalue weighted by molar-refractivity contribution is -0.132. The molecule has 6 nitrogen and oxygen atoms in total. The van der Waals surface area contributed by atoms with E-state index in [0.29, 0.717) is 29.4 Å². The van der Waals surface area contributed by atoms with Gasteiger partial charge in [-0.25, -0.2) is 0 Å². The van der Waals surface area contributed by atoms with Gasteiger partial charge in [-0.2, -0.15) is 0 Å². The Hall–Kier alpha value is -4.06. The summed E-state index contributed by atoms with van der Waals surface area (Å²) >= 11 is 0. The standard InChI is InChI=1S/C29H29NO5/c1-4-17-35-22-10-8-9-21(18-22)30-26(20-15-13-19(5-2)14-16-20)25(28(32)29(30)33)27(31)23-11-6-7-12-24(23)34-3/h6-16,18,26,31H,4-5,17H2,1-3H3/b27-25+. The van der Waals surface area contributed by atoms with Crippen molar-refractivity contribution in [3.05, 3.63) is 95.1 Å². The van der Waals surface area contributed by atoms with Gasteiger partial charge in [-0.15, -0.1) is 0 Å². The van der Waals surface area contributed by atoms with Crippen LogP contribution in [0.1, 0.15) is 43.0 Å². The summed E-state index contributed by atoms with van der Waals surface area (Å²) in [6.07, 6.45) is 1.70. The Bertz CT molecular complexity index is 1260. The third-order valence-electron chi connectivity index (χ3n) is 6.08. The molecule has 3 aromatic carbocycles. The SMILES string of the molecule is CCCOc1cccc(N2C(=O)C(=O)/C(=C(/O)c3ccccc3OC)C2c2ccc(CC)cc2)c1. The van der Waals surface area contributed by atoms with E-state index >= 15 is 0 Å². The van der Waals surface area contributed by atoms with E-state index in [1.165, 1.54) is 12.0 Å². The molecule has 1 amide bonds. The van der Waals surface area contributed by atoms with E-state index in [0.717, 1.165) is 24.0 Å². The highest BCUT2D eigenvalue weighted by Gasteiger charge is 2.47. The van der Waals surface area contributed by atoms with Crippen LogP contribution in [0.15, 0.2) is 78.4 Å². The van der Waals surface area contributed by atoms with E-state index in [1.54, 1.807) is 42.5 Å². The Balaban J connectivity index is 1.91. The minimum Gasteiger partial charge on any atom is -0.507 e. The van der Waals surface area contributed by atoms with Gasteiger partial charge in [-0.1, -0.05) is 56.3 Å². The van der Waals surface area contributed by atoms with E-state index < -0.39 is 17.7 Å². The number of ketones is 1. The van der Waals surface area contributed by atoms with Crippen LogP contribution in [0.2, 0.25) is 0 Å². The fraction of sp³-hybridized carbons (Fsp3) is 0.241. The molecule has 35 heavy (non-hydrogen) atoms. The third-order valence-corrected chi connectivity index (χ3v) is 6.08. The number of amides is 1. The second kappa shape index (κ2) is 10.5. The normalized spacial score (nSPS) is 17.0. The molecular formula is C29H29NO5. The lowest BCUT2D eigenvalue weighted by Gasteiger charge is -2.26. The number of benzene rings is 3. The van der Waals surface area contributed by atoms with Crippen LogP contribution in [0.5, 0.6) is 11.5 Å². The van der Waals surface area contributed by atoms with Crippen molar-refractivity contribution in [2.24, 2.45) is 0 Å². The number of hydrogen-bond acceptors (Lipinski definition) is 5. The predicted octanol–water partition coefficient (Wildman–Crippen LogP) is 5.67. The quantitative estimate of drug-likeness (QED) is 0.260. The first-order valence-electron chi connectivity index (χ1n) is 11.8. The van der Waals surface area contributed by atoms with Gasteiger partial charge in [-0.3, -0.25) is 14.5 Å². The molecule has 6 heteroatoms. The van der Waals surface area contributed by atoms with Crippen molar-refractivity contribution in [3.63, 3.8) is 0 Å². The molecule has 1 fully saturated rings. The molecule has 1 heterocycles. The molecule has 180 valence electrons. The molecular weight excluding hydrogens is 442 g/mol. The minimum atomic E-state index is -0.813. The van der Waals surface area contributed by atoms with Crippen molar-refractivity contribution in [1.82, 2.24) is 0 Å². The molecule has 1 aliphatic rings. The molecule has 1 N–H and O–H groups in total. The smallest absolute Gasteiger partial charge is 0.300 e. The van der Waals surface area contributed by atoms with E-state index in [9.17, 15) is 14.7 Å². The fourth-order valence-corrected chi connectivity index (χ4v) is 4.28. The number of anilines is 1. The molecule has 0 bridgehead atoms. The maximum atomic E-state index is 13.4. The minimum absolute atomic E-state index is 0.0172. The Labute approximate surface area is 205 Å². The summed E-state index contributed by atoms with van der Waals surface area (Å²) in [6, 6.07) is 20.9. The Morgan fingerprint density at radius 1 is 0.971 bits per heavy atom. The number of carbonyl (C=O) groups is 2. The van der Waals surface area contributed by atoms with Crippen molar-refractivity contribution < 1.29 is 24.2 Å². The van der Waals surface area contributed by atoms with Crippen LogP contribution in [-0.2, 0) is 16.0 Å². The van der Waals surface area contributed by atoms with Gasteiger partial charge in [0.05, 0.1) is 30.9 Å². The topological polar surface area (TPSA) is 76.1 Å². The van der Waals surface area contributed by atoms with Crippen molar-refractivity contribution in [2.45, 2.75) is 32.7 Å². The van der Waals surface area contributed by atoms with E-state index in [-0.39, 0.29) is 11.3 Å². The van der Waals surface area contributed by atoms with Crippen molar-refractivity contribution in [3.8, 4) is 11.5 Å². The lowest BCUT2D eigenvalue weighted by Crippen LogP contribution is -2.29. The summed E-state index contributed by atoms with van der Waals surface area (Å²) < 4.78 is 11.2. The lowest BCUT2D eigenvalue weighted by atomic mass is 9.94. The van der Waals surface area contributed by atoms with E-state index in [2.05, 4.69) is 6.92 Å².